The highest BCUT2D eigenvalue weighted by molar-refractivity contribution is 9.11. The van der Waals surface area contributed by atoms with E-state index >= 15 is 0 Å². The van der Waals surface area contributed by atoms with Crippen LogP contribution in [0.3, 0.4) is 0 Å². The predicted molar refractivity (Wildman–Crippen MR) is 83.7 cm³/mol. The van der Waals surface area contributed by atoms with Crippen LogP contribution < -0.4 is 0 Å². The molecule has 4 heteroatoms. The Morgan fingerprint density at radius 1 is 0.944 bits per heavy atom. The summed E-state index contributed by atoms with van der Waals surface area (Å²) in [6, 6.07) is 11.3. The van der Waals surface area contributed by atoms with E-state index in [1.807, 2.05) is 6.92 Å². The number of hydrogen-bond donors (Lipinski definition) is 0. The molecule has 0 nitrogen and oxygen atoms in total. The van der Waals surface area contributed by atoms with Crippen LogP contribution in [0.5, 0.6) is 0 Å². The van der Waals surface area contributed by atoms with E-state index in [1.54, 1.807) is 12.1 Å². The van der Waals surface area contributed by atoms with E-state index in [9.17, 15) is 4.39 Å². The average molecular weight is 437 g/mol. The average Bonchev–Trinajstić information content (AvgIpc) is 2.35. The van der Waals surface area contributed by atoms with Gasteiger partial charge in [-0.25, -0.2) is 4.39 Å². The van der Waals surface area contributed by atoms with Gasteiger partial charge in [0.2, 0.25) is 0 Å². The van der Waals surface area contributed by atoms with Gasteiger partial charge in [0.15, 0.2) is 0 Å². The summed E-state index contributed by atoms with van der Waals surface area (Å²) in [6.07, 6.45) is 0. The van der Waals surface area contributed by atoms with Crippen molar-refractivity contribution in [2.45, 2.75) is 11.8 Å². The minimum absolute atomic E-state index is 0.0475. The molecule has 2 aromatic rings. The van der Waals surface area contributed by atoms with Gasteiger partial charge in [0.1, 0.15) is 5.82 Å². The predicted octanol–water partition coefficient (Wildman–Crippen LogP) is 6.14. The first-order chi connectivity index (χ1) is 8.49. The molecule has 0 amide bonds. The summed E-state index contributed by atoms with van der Waals surface area (Å²) >= 11 is 10.4. The van der Waals surface area contributed by atoms with Gasteiger partial charge in [-0.2, -0.15) is 0 Å². The van der Waals surface area contributed by atoms with Crippen LogP contribution in [0.25, 0.3) is 0 Å². The lowest BCUT2D eigenvalue weighted by Crippen LogP contribution is -1.94. The van der Waals surface area contributed by atoms with Crippen molar-refractivity contribution in [2.75, 3.05) is 0 Å². The number of hydrogen-bond acceptors (Lipinski definition) is 0. The number of halogens is 4. The fraction of sp³-hybridized carbons (Fsp3) is 0.143. The van der Waals surface area contributed by atoms with Gasteiger partial charge < -0.3 is 0 Å². The lowest BCUT2D eigenvalue weighted by molar-refractivity contribution is 0.620. The molecule has 2 aromatic carbocycles. The van der Waals surface area contributed by atoms with Crippen LogP contribution in [-0.4, -0.2) is 0 Å². The molecule has 0 aliphatic rings. The highest BCUT2D eigenvalue weighted by Crippen LogP contribution is 2.34. The molecule has 1 atom stereocenters. The summed E-state index contributed by atoms with van der Waals surface area (Å²) in [5.74, 6) is -0.247. The zero-order valence-electron chi connectivity index (χ0n) is 9.55. The number of alkyl halides is 1. The van der Waals surface area contributed by atoms with Crippen molar-refractivity contribution >= 4 is 47.8 Å². The third-order valence-corrected chi connectivity index (χ3v) is 5.24. The maximum Gasteiger partial charge on any atom is 0.137 e. The van der Waals surface area contributed by atoms with Gasteiger partial charge in [-0.1, -0.05) is 50.1 Å². The van der Waals surface area contributed by atoms with Crippen LogP contribution in [0.1, 0.15) is 21.5 Å². The molecule has 0 aromatic heterocycles. The summed E-state index contributed by atoms with van der Waals surface area (Å²) in [6.45, 7) is 2.05. The Bertz CT molecular complexity index is 530. The number of aryl methyl sites for hydroxylation is 1. The van der Waals surface area contributed by atoms with Crippen LogP contribution >= 0.6 is 47.8 Å². The second-order valence-electron chi connectivity index (χ2n) is 4.04. The summed E-state index contributed by atoms with van der Waals surface area (Å²) in [4.78, 5) is 0.0475. The Morgan fingerprint density at radius 2 is 1.50 bits per heavy atom. The minimum atomic E-state index is -0.247. The van der Waals surface area contributed by atoms with Crippen LogP contribution in [-0.2, 0) is 0 Å². The molecule has 0 N–H and O–H groups in total. The molecule has 0 saturated carbocycles. The van der Waals surface area contributed by atoms with E-state index in [-0.39, 0.29) is 10.6 Å². The highest BCUT2D eigenvalue weighted by atomic mass is 79.9. The van der Waals surface area contributed by atoms with Crippen molar-refractivity contribution in [3.8, 4) is 0 Å². The molecule has 0 spiro atoms. The Labute approximate surface area is 131 Å². The van der Waals surface area contributed by atoms with Crippen molar-refractivity contribution < 1.29 is 4.39 Å². The van der Waals surface area contributed by atoms with E-state index in [0.29, 0.717) is 4.47 Å². The second kappa shape index (κ2) is 5.85. The molecular weight excluding hydrogens is 427 g/mol. The Kier molecular flexibility index (Phi) is 4.62. The fourth-order valence-electron chi connectivity index (χ4n) is 1.63. The lowest BCUT2D eigenvalue weighted by Gasteiger charge is -2.12. The normalized spacial score (nSPS) is 12.5. The smallest absolute Gasteiger partial charge is 0.137 e. The van der Waals surface area contributed by atoms with Crippen molar-refractivity contribution in [2.24, 2.45) is 0 Å². The zero-order chi connectivity index (χ0) is 13.3. The van der Waals surface area contributed by atoms with Gasteiger partial charge in [-0.3, -0.25) is 0 Å². The van der Waals surface area contributed by atoms with Gasteiger partial charge >= 0.3 is 0 Å². The van der Waals surface area contributed by atoms with E-state index in [1.165, 1.54) is 11.6 Å². The number of benzene rings is 2. The monoisotopic (exact) mass is 434 g/mol. The lowest BCUT2D eigenvalue weighted by atomic mass is 10.0. The zero-order valence-corrected chi connectivity index (χ0v) is 14.3. The Morgan fingerprint density at radius 3 is 2.06 bits per heavy atom. The summed E-state index contributed by atoms with van der Waals surface area (Å²) < 4.78 is 14.8. The molecule has 1 unspecified atom stereocenters. The van der Waals surface area contributed by atoms with Gasteiger partial charge in [-0.05, 0) is 57.7 Å². The highest BCUT2D eigenvalue weighted by Gasteiger charge is 2.13. The third kappa shape index (κ3) is 3.03. The van der Waals surface area contributed by atoms with E-state index in [0.717, 1.165) is 15.6 Å². The summed E-state index contributed by atoms with van der Waals surface area (Å²) in [5, 5.41) is 0. The first-order valence-electron chi connectivity index (χ1n) is 5.34. The minimum Gasteiger partial charge on any atom is -0.206 e. The van der Waals surface area contributed by atoms with Gasteiger partial charge in [-0.15, -0.1) is 0 Å². The van der Waals surface area contributed by atoms with Crippen molar-refractivity contribution in [3.05, 3.63) is 67.9 Å². The first-order valence-corrected chi connectivity index (χ1v) is 7.84. The van der Waals surface area contributed by atoms with E-state index in [2.05, 4.69) is 66.0 Å². The Hall–Kier alpha value is -0.190. The molecule has 94 valence electrons. The van der Waals surface area contributed by atoms with Gasteiger partial charge in [0, 0.05) is 4.47 Å². The molecule has 0 aliphatic carbocycles. The molecule has 18 heavy (non-hydrogen) atoms. The van der Waals surface area contributed by atoms with Crippen LogP contribution in [0.2, 0.25) is 0 Å². The standard InChI is InChI=1S/C14H10Br3F/c1-8-2-3-9(6-11(8)15)14(17)10-4-5-13(18)12(16)7-10/h2-7,14H,1H3. The quantitative estimate of drug-likeness (QED) is 0.496. The Balaban J connectivity index is 2.37. The molecule has 2 rings (SSSR count). The second-order valence-corrected chi connectivity index (χ2v) is 6.67. The molecule has 0 fully saturated rings. The maximum atomic E-state index is 13.2. The topological polar surface area (TPSA) is 0 Å². The van der Waals surface area contributed by atoms with E-state index in [4.69, 9.17) is 0 Å². The van der Waals surface area contributed by atoms with Crippen molar-refractivity contribution in [3.63, 3.8) is 0 Å². The first kappa shape index (κ1) is 14.2. The van der Waals surface area contributed by atoms with Crippen molar-refractivity contribution in [1.82, 2.24) is 0 Å². The fourth-order valence-corrected chi connectivity index (χ4v) is 2.99. The van der Waals surface area contributed by atoms with Crippen LogP contribution in [0.15, 0.2) is 45.3 Å². The maximum absolute atomic E-state index is 13.2. The molecule has 0 saturated heterocycles. The van der Waals surface area contributed by atoms with Crippen LogP contribution in [0, 0.1) is 12.7 Å². The van der Waals surface area contributed by atoms with Gasteiger partial charge in [0.25, 0.3) is 0 Å². The van der Waals surface area contributed by atoms with Crippen LogP contribution in [0.4, 0.5) is 4.39 Å². The molecule has 0 radical (unpaired) electrons. The molecule has 0 aliphatic heterocycles. The molecular formula is C14H10Br3F. The summed E-state index contributed by atoms with van der Waals surface area (Å²) in [7, 11) is 0. The van der Waals surface area contributed by atoms with Gasteiger partial charge in [0.05, 0.1) is 9.30 Å². The third-order valence-electron chi connectivity index (χ3n) is 2.72. The molecule has 0 heterocycles. The number of rotatable bonds is 2. The SMILES string of the molecule is Cc1ccc(C(Br)c2ccc(F)c(Br)c2)cc1Br. The largest absolute Gasteiger partial charge is 0.206 e. The van der Waals surface area contributed by atoms with E-state index < -0.39 is 0 Å². The van der Waals surface area contributed by atoms with Crippen molar-refractivity contribution in [1.29, 1.82) is 0 Å². The molecule has 0 bridgehead atoms. The summed E-state index contributed by atoms with van der Waals surface area (Å²) in [5.41, 5.74) is 3.34.